The first-order chi connectivity index (χ1) is 5.58. The molecular formula is C8H13NO2S. The summed E-state index contributed by atoms with van der Waals surface area (Å²) in [6, 6.07) is -0.0394. The van der Waals surface area contributed by atoms with Crippen molar-refractivity contribution >= 4 is 10.0 Å². The van der Waals surface area contributed by atoms with E-state index in [0.29, 0.717) is 13.0 Å². The molecule has 0 N–H and O–H groups in total. The van der Waals surface area contributed by atoms with Crippen LogP contribution in [0.2, 0.25) is 0 Å². The number of terminal acetylenes is 1. The molecule has 0 aliphatic carbocycles. The highest BCUT2D eigenvalue weighted by Gasteiger charge is 2.31. The van der Waals surface area contributed by atoms with Crippen molar-refractivity contribution in [1.82, 2.24) is 4.31 Å². The Bertz CT molecular complexity index is 289. The van der Waals surface area contributed by atoms with Crippen LogP contribution in [0.15, 0.2) is 0 Å². The fourth-order valence-electron chi connectivity index (χ4n) is 1.43. The van der Waals surface area contributed by atoms with Crippen LogP contribution >= 0.6 is 0 Å². The van der Waals surface area contributed by atoms with Gasteiger partial charge in [0.05, 0.1) is 5.75 Å². The lowest BCUT2D eigenvalue weighted by atomic mass is 10.2. The van der Waals surface area contributed by atoms with Crippen LogP contribution in [-0.4, -0.2) is 31.1 Å². The van der Waals surface area contributed by atoms with Gasteiger partial charge in [0.25, 0.3) is 0 Å². The minimum absolute atomic E-state index is 0.0394. The van der Waals surface area contributed by atoms with Gasteiger partial charge < -0.3 is 0 Å². The number of hydrogen-bond acceptors (Lipinski definition) is 2. The van der Waals surface area contributed by atoms with Crippen molar-refractivity contribution in [1.29, 1.82) is 0 Å². The van der Waals surface area contributed by atoms with Crippen molar-refractivity contribution in [2.75, 3.05) is 12.3 Å². The molecule has 0 spiro atoms. The highest BCUT2D eigenvalue weighted by atomic mass is 32.2. The van der Waals surface area contributed by atoms with Crippen molar-refractivity contribution in [3.05, 3.63) is 0 Å². The SMILES string of the molecule is C#CCC(C)N1CCCS1(=O)=O. The second kappa shape index (κ2) is 3.46. The van der Waals surface area contributed by atoms with E-state index in [4.69, 9.17) is 6.42 Å². The van der Waals surface area contributed by atoms with Crippen LogP contribution in [0, 0.1) is 12.3 Å². The Hall–Kier alpha value is -0.530. The summed E-state index contributed by atoms with van der Waals surface area (Å²) in [6.45, 7) is 2.48. The van der Waals surface area contributed by atoms with Crippen molar-refractivity contribution < 1.29 is 8.42 Å². The summed E-state index contributed by atoms with van der Waals surface area (Å²) in [7, 11) is -2.97. The lowest BCUT2D eigenvalue weighted by Gasteiger charge is -2.20. The molecule has 1 saturated heterocycles. The lowest BCUT2D eigenvalue weighted by molar-refractivity contribution is 0.365. The van der Waals surface area contributed by atoms with E-state index in [0.717, 1.165) is 6.42 Å². The van der Waals surface area contributed by atoms with E-state index in [2.05, 4.69) is 5.92 Å². The molecule has 0 bridgehead atoms. The van der Waals surface area contributed by atoms with Gasteiger partial charge in [0.15, 0.2) is 0 Å². The topological polar surface area (TPSA) is 37.4 Å². The number of sulfonamides is 1. The molecule has 3 nitrogen and oxygen atoms in total. The van der Waals surface area contributed by atoms with Crippen molar-refractivity contribution in [3.8, 4) is 12.3 Å². The van der Waals surface area contributed by atoms with Crippen molar-refractivity contribution in [2.24, 2.45) is 0 Å². The summed E-state index contributed by atoms with van der Waals surface area (Å²) in [6.07, 6.45) is 6.35. The van der Waals surface area contributed by atoms with Crippen molar-refractivity contribution in [2.45, 2.75) is 25.8 Å². The summed E-state index contributed by atoms with van der Waals surface area (Å²) in [4.78, 5) is 0. The average Bonchev–Trinajstić information content (AvgIpc) is 2.30. The maximum Gasteiger partial charge on any atom is 0.214 e. The van der Waals surface area contributed by atoms with E-state index >= 15 is 0 Å². The molecule has 12 heavy (non-hydrogen) atoms. The Kier molecular flexibility index (Phi) is 2.76. The summed E-state index contributed by atoms with van der Waals surface area (Å²) in [5.41, 5.74) is 0. The third-order valence-electron chi connectivity index (χ3n) is 2.04. The average molecular weight is 187 g/mol. The molecule has 1 heterocycles. The zero-order valence-electron chi connectivity index (χ0n) is 7.16. The summed E-state index contributed by atoms with van der Waals surface area (Å²) < 4.78 is 24.2. The monoisotopic (exact) mass is 187 g/mol. The van der Waals surface area contributed by atoms with Crippen LogP contribution in [-0.2, 0) is 10.0 Å². The Morgan fingerprint density at radius 1 is 1.67 bits per heavy atom. The molecule has 1 fully saturated rings. The van der Waals surface area contributed by atoms with Gasteiger partial charge in [-0.25, -0.2) is 8.42 Å². The molecule has 1 atom stereocenters. The summed E-state index contributed by atoms with van der Waals surface area (Å²) in [5, 5.41) is 0. The molecule has 4 heteroatoms. The molecule has 0 saturated carbocycles. The van der Waals surface area contributed by atoms with Crippen LogP contribution in [0.1, 0.15) is 19.8 Å². The van der Waals surface area contributed by atoms with Crippen LogP contribution in [0.5, 0.6) is 0 Å². The first kappa shape index (κ1) is 9.56. The Morgan fingerprint density at radius 2 is 2.33 bits per heavy atom. The van der Waals surface area contributed by atoms with E-state index in [1.807, 2.05) is 6.92 Å². The van der Waals surface area contributed by atoms with Crippen LogP contribution in [0.4, 0.5) is 0 Å². The first-order valence-electron chi connectivity index (χ1n) is 4.01. The molecule has 1 rings (SSSR count). The molecule has 0 radical (unpaired) electrons. The largest absolute Gasteiger partial charge is 0.214 e. The standard InChI is InChI=1S/C8H13NO2S/c1-3-5-8(2)9-6-4-7-12(9,10)11/h1,8H,4-7H2,2H3. The maximum atomic E-state index is 11.3. The molecular weight excluding hydrogens is 174 g/mol. The quantitative estimate of drug-likeness (QED) is 0.588. The van der Waals surface area contributed by atoms with Gasteiger partial charge in [-0.05, 0) is 13.3 Å². The highest BCUT2D eigenvalue weighted by Crippen LogP contribution is 2.18. The van der Waals surface area contributed by atoms with E-state index in [1.54, 1.807) is 0 Å². The first-order valence-corrected chi connectivity index (χ1v) is 5.62. The van der Waals surface area contributed by atoms with Crippen LogP contribution in [0.3, 0.4) is 0 Å². The zero-order valence-corrected chi connectivity index (χ0v) is 7.97. The summed E-state index contributed by atoms with van der Waals surface area (Å²) in [5.74, 6) is 2.76. The minimum atomic E-state index is -2.97. The normalized spacial score (nSPS) is 25.0. The molecule has 1 aliphatic heterocycles. The molecule has 0 aromatic heterocycles. The molecule has 0 aromatic carbocycles. The third-order valence-corrected chi connectivity index (χ3v) is 4.10. The van der Waals surface area contributed by atoms with E-state index in [1.165, 1.54) is 4.31 Å². The predicted octanol–water partition coefficient (Wildman–Crippen LogP) is 0.434. The van der Waals surface area contributed by atoms with Gasteiger partial charge in [-0.15, -0.1) is 12.3 Å². The van der Waals surface area contributed by atoms with Gasteiger partial charge in [0.2, 0.25) is 10.0 Å². The van der Waals surface area contributed by atoms with Crippen LogP contribution in [0.25, 0.3) is 0 Å². The van der Waals surface area contributed by atoms with Crippen molar-refractivity contribution in [3.63, 3.8) is 0 Å². The van der Waals surface area contributed by atoms with Gasteiger partial charge in [0, 0.05) is 19.0 Å². The van der Waals surface area contributed by atoms with Gasteiger partial charge in [-0.2, -0.15) is 4.31 Å². The van der Waals surface area contributed by atoms with E-state index in [9.17, 15) is 8.42 Å². The van der Waals surface area contributed by atoms with Gasteiger partial charge in [0.1, 0.15) is 0 Å². The molecule has 1 aliphatic rings. The van der Waals surface area contributed by atoms with Gasteiger partial charge >= 0.3 is 0 Å². The number of nitrogens with zero attached hydrogens (tertiary/aromatic N) is 1. The lowest BCUT2D eigenvalue weighted by Crippen LogP contribution is -2.34. The number of hydrogen-bond donors (Lipinski definition) is 0. The van der Waals surface area contributed by atoms with Gasteiger partial charge in [-0.1, -0.05) is 0 Å². The second-order valence-electron chi connectivity index (χ2n) is 3.04. The van der Waals surface area contributed by atoms with E-state index in [-0.39, 0.29) is 11.8 Å². The third kappa shape index (κ3) is 1.79. The van der Waals surface area contributed by atoms with Crippen LogP contribution < -0.4 is 0 Å². The Morgan fingerprint density at radius 3 is 2.75 bits per heavy atom. The molecule has 1 unspecified atom stereocenters. The Balaban J connectivity index is 2.70. The van der Waals surface area contributed by atoms with Gasteiger partial charge in [-0.3, -0.25) is 0 Å². The second-order valence-corrected chi connectivity index (χ2v) is 5.08. The fraction of sp³-hybridized carbons (Fsp3) is 0.750. The maximum absolute atomic E-state index is 11.3. The van der Waals surface area contributed by atoms with E-state index < -0.39 is 10.0 Å². The number of rotatable bonds is 2. The minimum Gasteiger partial charge on any atom is -0.212 e. The zero-order chi connectivity index (χ0) is 9.19. The molecule has 68 valence electrons. The molecule has 0 aromatic rings. The molecule has 0 amide bonds. The Labute approximate surface area is 73.8 Å². The fourth-order valence-corrected chi connectivity index (χ4v) is 3.18. The smallest absolute Gasteiger partial charge is 0.212 e. The predicted molar refractivity (Wildman–Crippen MR) is 48.0 cm³/mol. The summed E-state index contributed by atoms with van der Waals surface area (Å²) >= 11 is 0. The highest BCUT2D eigenvalue weighted by molar-refractivity contribution is 7.89.